The van der Waals surface area contributed by atoms with E-state index in [4.69, 9.17) is 11.6 Å². The quantitative estimate of drug-likeness (QED) is 0.764. The molecule has 0 N–H and O–H groups in total. The lowest BCUT2D eigenvalue weighted by atomic mass is 10.1. The number of anilines is 1. The molecule has 0 radical (unpaired) electrons. The second-order valence-corrected chi connectivity index (χ2v) is 5.56. The standard InChI is InChI=1S/C13H18ClN3/c1-16-11-3-4-12(16)9-17(7-6-11)13-5-2-10(14)8-15-13/h2,5,8,11-12H,3-4,6-7,9H2,1H3. The molecule has 0 spiro atoms. The lowest BCUT2D eigenvalue weighted by molar-refractivity contribution is 0.254. The molecule has 2 saturated heterocycles. The van der Waals surface area contributed by atoms with Gasteiger partial charge in [0.25, 0.3) is 0 Å². The number of rotatable bonds is 1. The average molecular weight is 252 g/mol. The molecule has 0 aromatic carbocycles. The Morgan fingerprint density at radius 2 is 2.06 bits per heavy atom. The van der Waals surface area contributed by atoms with E-state index in [1.54, 1.807) is 6.20 Å². The lowest BCUT2D eigenvalue weighted by Crippen LogP contribution is -2.36. The predicted octanol–water partition coefficient (Wildman–Crippen LogP) is 2.41. The third kappa shape index (κ3) is 2.14. The molecular weight excluding hydrogens is 234 g/mol. The van der Waals surface area contributed by atoms with Gasteiger partial charge in [-0.25, -0.2) is 4.98 Å². The van der Waals surface area contributed by atoms with Crippen molar-refractivity contribution < 1.29 is 0 Å². The van der Waals surface area contributed by atoms with Crippen LogP contribution in [0.15, 0.2) is 18.3 Å². The molecule has 2 fully saturated rings. The zero-order valence-electron chi connectivity index (χ0n) is 10.1. The molecule has 2 atom stereocenters. The van der Waals surface area contributed by atoms with Crippen molar-refractivity contribution in [3.05, 3.63) is 23.4 Å². The maximum atomic E-state index is 5.88. The van der Waals surface area contributed by atoms with E-state index < -0.39 is 0 Å². The normalized spacial score (nSPS) is 29.4. The number of pyridine rings is 1. The predicted molar refractivity (Wildman–Crippen MR) is 70.7 cm³/mol. The summed E-state index contributed by atoms with van der Waals surface area (Å²) in [6, 6.07) is 5.43. The maximum Gasteiger partial charge on any atom is 0.128 e. The SMILES string of the molecule is CN1C2CCC1CN(c1ccc(Cl)cn1)CC2. The summed E-state index contributed by atoms with van der Waals surface area (Å²) in [5.41, 5.74) is 0. The number of nitrogens with zero attached hydrogens (tertiary/aromatic N) is 3. The van der Waals surface area contributed by atoms with Crippen molar-refractivity contribution >= 4 is 17.4 Å². The van der Waals surface area contributed by atoms with E-state index in [0.29, 0.717) is 11.1 Å². The summed E-state index contributed by atoms with van der Waals surface area (Å²) in [5.74, 6) is 1.07. The molecule has 2 aliphatic rings. The van der Waals surface area contributed by atoms with Crippen LogP contribution < -0.4 is 4.90 Å². The van der Waals surface area contributed by atoms with Crippen molar-refractivity contribution in [1.82, 2.24) is 9.88 Å². The van der Waals surface area contributed by atoms with Crippen LogP contribution in [-0.2, 0) is 0 Å². The Morgan fingerprint density at radius 3 is 2.82 bits per heavy atom. The second kappa shape index (κ2) is 4.46. The number of aromatic nitrogens is 1. The Balaban J connectivity index is 1.79. The Morgan fingerprint density at radius 1 is 1.24 bits per heavy atom. The molecule has 17 heavy (non-hydrogen) atoms. The molecule has 3 heterocycles. The van der Waals surface area contributed by atoms with Crippen molar-refractivity contribution in [3.63, 3.8) is 0 Å². The van der Waals surface area contributed by atoms with Gasteiger partial charge in [0, 0.05) is 31.4 Å². The minimum atomic E-state index is 0.694. The van der Waals surface area contributed by atoms with Crippen LogP contribution in [0.5, 0.6) is 0 Å². The van der Waals surface area contributed by atoms with Gasteiger partial charge in [-0.2, -0.15) is 0 Å². The van der Waals surface area contributed by atoms with Crippen LogP contribution in [0.3, 0.4) is 0 Å². The van der Waals surface area contributed by atoms with Gasteiger partial charge in [-0.3, -0.25) is 4.90 Å². The van der Waals surface area contributed by atoms with Gasteiger partial charge in [-0.05, 0) is 38.4 Å². The van der Waals surface area contributed by atoms with Crippen molar-refractivity contribution in [2.75, 3.05) is 25.0 Å². The summed E-state index contributed by atoms with van der Waals surface area (Å²) >= 11 is 5.88. The molecule has 3 rings (SSSR count). The topological polar surface area (TPSA) is 19.4 Å². The third-order valence-corrected chi connectivity index (χ3v) is 4.41. The van der Waals surface area contributed by atoms with E-state index >= 15 is 0 Å². The molecule has 3 nitrogen and oxygen atoms in total. The summed E-state index contributed by atoms with van der Waals surface area (Å²) in [5, 5.41) is 0.710. The summed E-state index contributed by atoms with van der Waals surface area (Å²) in [6.07, 6.45) is 5.68. The van der Waals surface area contributed by atoms with Crippen LogP contribution in [0, 0.1) is 0 Å². The van der Waals surface area contributed by atoms with Gasteiger partial charge in [-0.1, -0.05) is 11.6 Å². The van der Waals surface area contributed by atoms with Crippen molar-refractivity contribution in [3.8, 4) is 0 Å². The Kier molecular flexibility index (Phi) is 2.97. The third-order valence-electron chi connectivity index (χ3n) is 4.18. The molecule has 0 aliphatic carbocycles. The molecule has 0 amide bonds. The highest BCUT2D eigenvalue weighted by atomic mass is 35.5. The van der Waals surface area contributed by atoms with E-state index in [9.17, 15) is 0 Å². The summed E-state index contributed by atoms with van der Waals surface area (Å²) < 4.78 is 0. The van der Waals surface area contributed by atoms with Crippen LogP contribution in [0.1, 0.15) is 19.3 Å². The Labute approximate surface area is 107 Å². The van der Waals surface area contributed by atoms with E-state index in [1.165, 1.54) is 19.3 Å². The van der Waals surface area contributed by atoms with Gasteiger partial charge in [0.2, 0.25) is 0 Å². The largest absolute Gasteiger partial charge is 0.355 e. The molecular formula is C13H18ClN3. The van der Waals surface area contributed by atoms with Gasteiger partial charge in [-0.15, -0.1) is 0 Å². The van der Waals surface area contributed by atoms with Crippen LogP contribution in [0.2, 0.25) is 5.02 Å². The smallest absolute Gasteiger partial charge is 0.128 e. The fourth-order valence-electron chi connectivity index (χ4n) is 3.07. The number of fused-ring (bicyclic) bond motifs is 2. The number of hydrogen-bond acceptors (Lipinski definition) is 3. The van der Waals surface area contributed by atoms with Gasteiger partial charge < -0.3 is 4.90 Å². The second-order valence-electron chi connectivity index (χ2n) is 5.12. The summed E-state index contributed by atoms with van der Waals surface area (Å²) in [7, 11) is 2.27. The first kappa shape index (κ1) is 11.3. The fraction of sp³-hybridized carbons (Fsp3) is 0.615. The molecule has 92 valence electrons. The number of likely N-dealkylation sites (N-methyl/N-ethyl adjacent to an activating group) is 1. The van der Waals surface area contributed by atoms with Crippen LogP contribution in [-0.4, -0.2) is 42.1 Å². The average Bonchev–Trinajstić information content (AvgIpc) is 2.55. The number of hydrogen-bond donors (Lipinski definition) is 0. The Bertz CT molecular complexity index is 392. The van der Waals surface area contributed by atoms with Crippen molar-refractivity contribution in [2.45, 2.75) is 31.3 Å². The zero-order valence-corrected chi connectivity index (χ0v) is 10.9. The molecule has 2 aliphatic heterocycles. The van der Waals surface area contributed by atoms with E-state index in [1.807, 2.05) is 12.1 Å². The van der Waals surface area contributed by atoms with Gasteiger partial charge in [0.15, 0.2) is 0 Å². The number of halogens is 1. The van der Waals surface area contributed by atoms with Crippen LogP contribution >= 0.6 is 11.6 Å². The van der Waals surface area contributed by atoms with E-state index in [-0.39, 0.29) is 0 Å². The minimum Gasteiger partial charge on any atom is -0.355 e. The zero-order chi connectivity index (χ0) is 11.8. The Hall–Kier alpha value is -0.800. The van der Waals surface area contributed by atoms with E-state index in [2.05, 4.69) is 21.8 Å². The summed E-state index contributed by atoms with van der Waals surface area (Å²) in [4.78, 5) is 9.38. The fourth-order valence-corrected chi connectivity index (χ4v) is 3.18. The van der Waals surface area contributed by atoms with Crippen molar-refractivity contribution in [1.29, 1.82) is 0 Å². The maximum absolute atomic E-state index is 5.88. The first-order valence-corrected chi connectivity index (χ1v) is 6.70. The molecule has 2 unspecified atom stereocenters. The molecule has 1 aromatic rings. The lowest BCUT2D eigenvalue weighted by Gasteiger charge is -2.26. The molecule has 4 heteroatoms. The molecule has 2 bridgehead atoms. The van der Waals surface area contributed by atoms with Gasteiger partial charge in [0.05, 0.1) is 5.02 Å². The monoisotopic (exact) mass is 251 g/mol. The first-order chi connectivity index (χ1) is 8.24. The molecule has 1 aromatic heterocycles. The first-order valence-electron chi connectivity index (χ1n) is 6.32. The van der Waals surface area contributed by atoms with Gasteiger partial charge in [0.1, 0.15) is 5.82 Å². The molecule has 0 saturated carbocycles. The highest BCUT2D eigenvalue weighted by molar-refractivity contribution is 6.30. The van der Waals surface area contributed by atoms with Gasteiger partial charge >= 0.3 is 0 Å². The van der Waals surface area contributed by atoms with E-state index in [0.717, 1.165) is 24.9 Å². The summed E-state index contributed by atoms with van der Waals surface area (Å²) in [6.45, 7) is 2.21. The minimum absolute atomic E-state index is 0.694. The van der Waals surface area contributed by atoms with Crippen LogP contribution in [0.4, 0.5) is 5.82 Å². The highest BCUT2D eigenvalue weighted by Crippen LogP contribution is 2.30. The van der Waals surface area contributed by atoms with Crippen molar-refractivity contribution in [2.24, 2.45) is 0 Å². The highest BCUT2D eigenvalue weighted by Gasteiger charge is 2.34. The van der Waals surface area contributed by atoms with Crippen LogP contribution in [0.25, 0.3) is 0 Å².